The van der Waals surface area contributed by atoms with Gasteiger partial charge in [0.1, 0.15) is 16.4 Å². The second kappa shape index (κ2) is 9.08. The molecule has 6 heteroatoms. The van der Waals surface area contributed by atoms with Gasteiger partial charge in [0.25, 0.3) is 0 Å². The molecule has 0 aliphatic carbocycles. The molecule has 1 heterocycles. The van der Waals surface area contributed by atoms with E-state index in [-0.39, 0.29) is 4.90 Å². The Balaban J connectivity index is 2.29. The molecule has 1 aromatic rings. The quantitative estimate of drug-likeness (QED) is 0.724. The van der Waals surface area contributed by atoms with Gasteiger partial charge in [0.05, 0.1) is 13.7 Å². The average Bonchev–Trinajstić information content (AvgIpc) is 2.58. The molecule has 1 aromatic carbocycles. The van der Waals surface area contributed by atoms with Crippen molar-refractivity contribution in [3.05, 3.63) is 30.4 Å². The van der Waals surface area contributed by atoms with Crippen LogP contribution in [0.15, 0.2) is 35.2 Å². The summed E-state index contributed by atoms with van der Waals surface area (Å²) in [5.41, 5.74) is 0. The number of ether oxygens (including phenoxy) is 2. The van der Waals surface area contributed by atoms with Crippen LogP contribution < -0.4 is 9.47 Å². The van der Waals surface area contributed by atoms with Crippen LogP contribution in [0.3, 0.4) is 0 Å². The summed E-state index contributed by atoms with van der Waals surface area (Å²) in [6, 6.07) is 4.88. The number of nitrogens with zero attached hydrogens (tertiary/aromatic N) is 1. The number of benzene rings is 1. The third-order valence-corrected chi connectivity index (χ3v) is 6.02. The molecular weight excluding hydrogens is 326 g/mol. The maximum Gasteiger partial charge on any atom is 0.246 e. The third-order valence-electron chi connectivity index (χ3n) is 4.12. The zero-order chi connectivity index (χ0) is 17.4. The van der Waals surface area contributed by atoms with E-state index in [0.717, 1.165) is 38.5 Å². The highest BCUT2D eigenvalue weighted by molar-refractivity contribution is 7.89. The summed E-state index contributed by atoms with van der Waals surface area (Å²) in [5.74, 6) is 0.957. The van der Waals surface area contributed by atoms with Crippen molar-refractivity contribution >= 4 is 10.0 Å². The van der Waals surface area contributed by atoms with Gasteiger partial charge in [-0.15, -0.1) is 0 Å². The third kappa shape index (κ3) is 4.98. The maximum atomic E-state index is 12.9. The highest BCUT2D eigenvalue weighted by atomic mass is 32.2. The zero-order valence-electron chi connectivity index (χ0n) is 14.5. The first-order valence-electron chi connectivity index (χ1n) is 8.48. The van der Waals surface area contributed by atoms with Gasteiger partial charge in [-0.25, -0.2) is 12.7 Å². The molecule has 0 bridgehead atoms. The molecule has 1 aliphatic heterocycles. The van der Waals surface area contributed by atoms with Crippen molar-refractivity contribution in [2.45, 2.75) is 43.4 Å². The second-order valence-electron chi connectivity index (χ2n) is 5.95. The summed E-state index contributed by atoms with van der Waals surface area (Å²) in [5, 5.41) is 0. The molecule has 0 aromatic heterocycles. The predicted molar refractivity (Wildman–Crippen MR) is 95.1 cm³/mol. The minimum atomic E-state index is -3.57. The van der Waals surface area contributed by atoms with Gasteiger partial charge in [-0.05, 0) is 50.7 Å². The monoisotopic (exact) mass is 353 g/mol. The largest absolute Gasteiger partial charge is 0.497 e. The lowest BCUT2D eigenvalue weighted by atomic mass is 10.2. The lowest BCUT2D eigenvalue weighted by Gasteiger charge is -2.20. The minimum absolute atomic E-state index is 0.207. The van der Waals surface area contributed by atoms with Gasteiger partial charge in [0.15, 0.2) is 0 Å². The molecule has 0 fully saturated rings. The molecule has 24 heavy (non-hydrogen) atoms. The van der Waals surface area contributed by atoms with Gasteiger partial charge in [0.2, 0.25) is 10.0 Å². The average molecular weight is 353 g/mol. The van der Waals surface area contributed by atoms with Crippen molar-refractivity contribution in [3.63, 3.8) is 0 Å². The molecule has 0 atom stereocenters. The fraction of sp³-hybridized carbons (Fsp3) is 0.556. The highest BCUT2D eigenvalue weighted by Crippen LogP contribution is 2.31. The Bertz CT molecular complexity index is 655. The Labute approximate surface area is 145 Å². The van der Waals surface area contributed by atoms with Crippen LogP contribution in [0.25, 0.3) is 0 Å². The van der Waals surface area contributed by atoms with Crippen LogP contribution in [0.4, 0.5) is 0 Å². The first-order valence-corrected chi connectivity index (χ1v) is 9.92. The van der Waals surface area contributed by atoms with E-state index >= 15 is 0 Å². The topological polar surface area (TPSA) is 55.8 Å². The van der Waals surface area contributed by atoms with Crippen LogP contribution in [-0.4, -0.2) is 40.0 Å². The molecule has 0 saturated carbocycles. The van der Waals surface area contributed by atoms with Crippen LogP contribution in [-0.2, 0) is 10.0 Å². The summed E-state index contributed by atoms with van der Waals surface area (Å²) in [6.45, 7) is 0.995. The van der Waals surface area contributed by atoms with Crippen molar-refractivity contribution < 1.29 is 17.9 Å². The molecular formula is C18H27NO4S. The van der Waals surface area contributed by atoms with Crippen molar-refractivity contribution in [3.8, 4) is 11.5 Å². The summed E-state index contributed by atoms with van der Waals surface area (Å²) in [7, 11) is -0.389. The number of hydrogen-bond acceptors (Lipinski definition) is 4. The molecule has 0 N–H and O–H groups in total. The van der Waals surface area contributed by atoms with E-state index in [9.17, 15) is 8.42 Å². The van der Waals surface area contributed by atoms with Crippen molar-refractivity contribution in [2.75, 3.05) is 27.3 Å². The molecule has 0 amide bonds. The molecule has 2 rings (SSSR count). The standard InChI is InChI=1S/C18H27NO4S/c1-19-13-9-7-5-3-4-6-8-10-14-23-17-15-16(22-2)11-12-18(17)24(19,20)21/h3-4,11-12,15H,5-10,13-14H2,1-2H3/b4-3+. The lowest BCUT2D eigenvalue weighted by Crippen LogP contribution is -2.28. The number of hydrogen-bond donors (Lipinski definition) is 0. The van der Waals surface area contributed by atoms with E-state index in [2.05, 4.69) is 12.2 Å². The van der Waals surface area contributed by atoms with Crippen LogP contribution >= 0.6 is 0 Å². The summed E-state index contributed by atoms with van der Waals surface area (Å²) in [4.78, 5) is 0.207. The molecule has 0 radical (unpaired) electrons. The Morgan fingerprint density at radius 3 is 2.50 bits per heavy atom. The van der Waals surface area contributed by atoms with E-state index in [0.29, 0.717) is 24.7 Å². The summed E-state index contributed by atoms with van der Waals surface area (Å²) >= 11 is 0. The number of methoxy groups -OCH3 is 1. The SMILES string of the molecule is COc1ccc2c(c1)OCCCC/C=C/CCCCN(C)S2(=O)=O. The number of sulfonamides is 1. The summed E-state index contributed by atoms with van der Waals surface area (Å²) < 4.78 is 38.1. The van der Waals surface area contributed by atoms with Gasteiger partial charge in [-0.1, -0.05) is 12.2 Å². The van der Waals surface area contributed by atoms with Gasteiger partial charge >= 0.3 is 0 Å². The van der Waals surface area contributed by atoms with Crippen LogP contribution in [0.2, 0.25) is 0 Å². The molecule has 0 spiro atoms. The molecule has 0 saturated heterocycles. The Morgan fingerprint density at radius 1 is 1.08 bits per heavy atom. The van der Waals surface area contributed by atoms with Gasteiger partial charge in [-0.2, -0.15) is 0 Å². The van der Waals surface area contributed by atoms with E-state index in [1.54, 1.807) is 32.4 Å². The van der Waals surface area contributed by atoms with E-state index in [1.807, 2.05) is 0 Å². The maximum absolute atomic E-state index is 12.9. The fourth-order valence-corrected chi connectivity index (χ4v) is 3.93. The smallest absolute Gasteiger partial charge is 0.246 e. The number of fused-ring (bicyclic) bond motifs is 1. The van der Waals surface area contributed by atoms with Crippen molar-refractivity contribution in [1.82, 2.24) is 4.31 Å². The summed E-state index contributed by atoms with van der Waals surface area (Å²) in [6.07, 6.45) is 10.2. The van der Waals surface area contributed by atoms with Gasteiger partial charge < -0.3 is 9.47 Å². The van der Waals surface area contributed by atoms with E-state index in [4.69, 9.17) is 9.47 Å². The molecule has 134 valence electrons. The molecule has 0 unspecified atom stereocenters. The van der Waals surface area contributed by atoms with Crippen LogP contribution in [0.1, 0.15) is 38.5 Å². The molecule has 5 nitrogen and oxygen atoms in total. The number of rotatable bonds is 1. The first kappa shape index (κ1) is 18.8. The predicted octanol–water partition coefficient (Wildman–Crippen LogP) is 3.60. The Hall–Kier alpha value is -1.53. The van der Waals surface area contributed by atoms with E-state index in [1.165, 1.54) is 4.31 Å². The first-order chi connectivity index (χ1) is 11.6. The Morgan fingerprint density at radius 2 is 1.79 bits per heavy atom. The Kier molecular flexibility index (Phi) is 7.12. The van der Waals surface area contributed by atoms with Gasteiger partial charge in [-0.3, -0.25) is 0 Å². The fourth-order valence-electron chi connectivity index (χ4n) is 2.61. The minimum Gasteiger partial charge on any atom is -0.497 e. The number of allylic oxidation sites excluding steroid dienone is 2. The van der Waals surface area contributed by atoms with Crippen molar-refractivity contribution in [2.24, 2.45) is 0 Å². The highest BCUT2D eigenvalue weighted by Gasteiger charge is 2.25. The van der Waals surface area contributed by atoms with E-state index < -0.39 is 10.0 Å². The van der Waals surface area contributed by atoms with Gasteiger partial charge in [0, 0.05) is 19.7 Å². The lowest BCUT2D eigenvalue weighted by molar-refractivity contribution is 0.296. The van der Waals surface area contributed by atoms with Crippen LogP contribution in [0.5, 0.6) is 11.5 Å². The normalized spacial score (nSPS) is 21.6. The second-order valence-corrected chi connectivity index (χ2v) is 7.96. The zero-order valence-corrected chi connectivity index (χ0v) is 15.3. The molecule has 1 aliphatic rings. The van der Waals surface area contributed by atoms with Crippen molar-refractivity contribution in [1.29, 1.82) is 0 Å². The van der Waals surface area contributed by atoms with Crippen LogP contribution in [0, 0.1) is 0 Å².